The van der Waals surface area contributed by atoms with Crippen LogP contribution in [0.5, 0.6) is 0 Å². The number of rotatable bonds is 6. The van der Waals surface area contributed by atoms with Crippen molar-refractivity contribution in [2.24, 2.45) is 16.4 Å². The molecule has 1 aliphatic rings. The van der Waals surface area contributed by atoms with Gasteiger partial charge in [0.1, 0.15) is 11.2 Å². The molecule has 3 aromatic rings. The average molecular weight is 421 g/mol. The summed E-state index contributed by atoms with van der Waals surface area (Å²) in [5, 5.41) is 5.66. The molecule has 0 spiro atoms. The highest BCUT2D eigenvalue weighted by molar-refractivity contribution is 7.19. The third kappa shape index (κ3) is 4.13. The second-order valence-corrected chi connectivity index (χ2v) is 10.5. The minimum Gasteiger partial charge on any atom is -0.261 e. The molecule has 2 aromatic heterocycles. The smallest absolute Gasteiger partial charge is 0.158 e. The fraction of sp³-hybridized carbons (Fsp3) is 0.480. The lowest BCUT2D eigenvalue weighted by Gasteiger charge is -2.36. The largest absolute Gasteiger partial charge is 0.261 e. The van der Waals surface area contributed by atoms with E-state index in [1.165, 1.54) is 34.2 Å². The lowest BCUT2D eigenvalue weighted by Crippen LogP contribution is -2.28. The average Bonchev–Trinajstić information content (AvgIpc) is 3.12. The van der Waals surface area contributed by atoms with Crippen molar-refractivity contribution in [3.05, 3.63) is 52.2 Å². The van der Waals surface area contributed by atoms with Gasteiger partial charge in [0, 0.05) is 4.88 Å². The van der Waals surface area contributed by atoms with Gasteiger partial charge >= 0.3 is 0 Å². The molecule has 0 unspecified atom stereocenters. The molecule has 0 radical (unpaired) electrons. The van der Waals surface area contributed by atoms with Crippen LogP contribution in [0.15, 0.2) is 35.7 Å². The van der Waals surface area contributed by atoms with E-state index in [1.807, 2.05) is 17.6 Å². The van der Waals surface area contributed by atoms with E-state index >= 15 is 0 Å². The van der Waals surface area contributed by atoms with Crippen molar-refractivity contribution in [3.8, 4) is 0 Å². The van der Waals surface area contributed by atoms with E-state index in [2.05, 4.69) is 79.4 Å². The number of nitrogens with one attached hydrogen (secondary N) is 1. The Kier molecular flexibility index (Phi) is 5.92. The topological polar surface area (TPSA) is 50.2 Å². The van der Waals surface area contributed by atoms with Gasteiger partial charge in [-0.3, -0.25) is 5.43 Å². The van der Waals surface area contributed by atoms with Crippen LogP contribution in [-0.4, -0.2) is 16.2 Å². The molecule has 1 atom stereocenters. The summed E-state index contributed by atoms with van der Waals surface area (Å²) in [6.07, 6.45) is 8.23. The highest BCUT2D eigenvalue weighted by Crippen LogP contribution is 2.45. The lowest BCUT2D eigenvalue weighted by atomic mass is 9.69. The van der Waals surface area contributed by atoms with Gasteiger partial charge in [-0.05, 0) is 53.2 Å². The van der Waals surface area contributed by atoms with E-state index in [-0.39, 0.29) is 0 Å². The van der Waals surface area contributed by atoms with Crippen LogP contribution in [0.3, 0.4) is 0 Å². The first-order valence-corrected chi connectivity index (χ1v) is 11.8. The summed E-state index contributed by atoms with van der Waals surface area (Å²) >= 11 is 1.83. The number of fused-ring (bicyclic) bond motifs is 3. The van der Waals surface area contributed by atoms with E-state index < -0.39 is 0 Å². The van der Waals surface area contributed by atoms with Crippen LogP contribution >= 0.6 is 11.3 Å². The Labute approximate surface area is 183 Å². The molecular weight excluding hydrogens is 388 g/mol. The van der Waals surface area contributed by atoms with Crippen molar-refractivity contribution in [1.29, 1.82) is 0 Å². The molecule has 1 aromatic carbocycles. The molecule has 1 N–H and O–H groups in total. The van der Waals surface area contributed by atoms with Crippen LogP contribution in [0.25, 0.3) is 10.2 Å². The van der Waals surface area contributed by atoms with Crippen molar-refractivity contribution in [2.45, 2.75) is 66.2 Å². The van der Waals surface area contributed by atoms with Gasteiger partial charge in [0.05, 0.1) is 11.6 Å². The Morgan fingerprint density at radius 1 is 1.23 bits per heavy atom. The van der Waals surface area contributed by atoms with Crippen LogP contribution in [0.4, 0.5) is 5.82 Å². The van der Waals surface area contributed by atoms with Gasteiger partial charge in [-0.15, -0.1) is 11.3 Å². The van der Waals surface area contributed by atoms with Gasteiger partial charge in [0.25, 0.3) is 0 Å². The van der Waals surface area contributed by atoms with Gasteiger partial charge in [0.15, 0.2) is 5.82 Å². The van der Waals surface area contributed by atoms with Crippen molar-refractivity contribution in [3.63, 3.8) is 0 Å². The molecule has 0 fully saturated rings. The quantitative estimate of drug-likeness (QED) is 0.352. The van der Waals surface area contributed by atoms with Crippen LogP contribution < -0.4 is 5.43 Å². The van der Waals surface area contributed by atoms with Crippen molar-refractivity contribution in [1.82, 2.24) is 9.97 Å². The van der Waals surface area contributed by atoms with Gasteiger partial charge in [-0.25, -0.2) is 9.97 Å². The SMILES string of the molecule is CCC(C)(C)[C@@H]1CCc2sc3ncnc(N/N=C\c4ccc(C(C)C)cc4)c3c2C1. The molecule has 0 saturated heterocycles. The molecule has 0 aliphatic heterocycles. The second kappa shape index (κ2) is 8.46. The third-order valence-corrected chi connectivity index (χ3v) is 8.04. The fourth-order valence-electron chi connectivity index (χ4n) is 4.28. The minimum atomic E-state index is 0.357. The Morgan fingerprint density at radius 3 is 2.70 bits per heavy atom. The molecule has 0 bridgehead atoms. The number of hydrogen-bond donors (Lipinski definition) is 1. The minimum absolute atomic E-state index is 0.357. The maximum Gasteiger partial charge on any atom is 0.158 e. The molecule has 158 valence electrons. The molecular formula is C25H32N4S. The van der Waals surface area contributed by atoms with Crippen LogP contribution in [0.1, 0.15) is 74.9 Å². The fourth-order valence-corrected chi connectivity index (χ4v) is 5.47. The first-order chi connectivity index (χ1) is 14.4. The van der Waals surface area contributed by atoms with Crippen LogP contribution in [0, 0.1) is 11.3 Å². The van der Waals surface area contributed by atoms with Gasteiger partial charge in [0.2, 0.25) is 0 Å². The van der Waals surface area contributed by atoms with Crippen molar-refractivity contribution >= 4 is 33.6 Å². The molecule has 30 heavy (non-hydrogen) atoms. The van der Waals surface area contributed by atoms with E-state index in [1.54, 1.807) is 6.33 Å². The van der Waals surface area contributed by atoms with Gasteiger partial charge < -0.3 is 0 Å². The highest BCUT2D eigenvalue weighted by atomic mass is 32.1. The van der Waals surface area contributed by atoms with Crippen molar-refractivity contribution < 1.29 is 0 Å². The molecule has 1 aliphatic carbocycles. The summed E-state index contributed by atoms with van der Waals surface area (Å²) in [4.78, 5) is 11.6. The van der Waals surface area contributed by atoms with E-state index in [9.17, 15) is 0 Å². The van der Waals surface area contributed by atoms with Crippen LogP contribution in [0.2, 0.25) is 0 Å². The number of aromatic nitrogens is 2. The van der Waals surface area contributed by atoms with Crippen LogP contribution in [-0.2, 0) is 12.8 Å². The highest BCUT2D eigenvalue weighted by Gasteiger charge is 2.33. The predicted molar refractivity (Wildman–Crippen MR) is 129 cm³/mol. The first kappa shape index (κ1) is 21.0. The third-order valence-electron chi connectivity index (χ3n) is 6.84. The monoisotopic (exact) mass is 420 g/mol. The van der Waals surface area contributed by atoms with Gasteiger partial charge in [-0.1, -0.05) is 65.3 Å². The number of hydrazone groups is 1. The predicted octanol–water partition coefficient (Wildman–Crippen LogP) is 6.80. The number of aryl methyl sites for hydroxylation is 1. The molecule has 4 nitrogen and oxygen atoms in total. The number of hydrogen-bond acceptors (Lipinski definition) is 5. The molecule has 2 heterocycles. The van der Waals surface area contributed by atoms with Gasteiger partial charge in [-0.2, -0.15) is 5.10 Å². The Hall–Kier alpha value is -2.27. The number of nitrogens with zero attached hydrogens (tertiary/aromatic N) is 3. The molecule has 5 heteroatoms. The summed E-state index contributed by atoms with van der Waals surface area (Å²) in [5.41, 5.74) is 7.41. The normalized spacial score (nSPS) is 17.1. The number of anilines is 1. The Morgan fingerprint density at radius 2 is 2.00 bits per heavy atom. The summed E-state index contributed by atoms with van der Waals surface area (Å²) in [6, 6.07) is 8.56. The van der Waals surface area contributed by atoms with E-state index in [0.717, 1.165) is 29.1 Å². The molecule has 4 rings (SSSR count). The zero-order valence-electron chi connectivity index (χ0n) is 18.7. The summed E-state index contributed by atoms with van der Waals surface area (Å²) < 4.78 is 0. The first-order valence-electron chi connectivity index (χ1n) is 11.0. The Balaban J connectivity index is 1.59. The lowest BCUT2D eigenvalue weighted by molar-refractivity contribution is 0.184. The summed E-state index contributed by atoms with van der Waals surface area (Å²) in [7, 11) is 0. The second-order valence-electron chi connectivity index (χ2n) is 9.38. The van der Waals surface area contributed by atoms with Crippen molar-refractivity contribution in [2.75, 3.05) is 5.43 Å². The zero-order valence-corrected chi connectivity index (χ0v) is 19.5. The number of benzene rings is 1. The maximum atomic E-state index is 4.56. The molecule has 0 saturated carbocycles. The summed E-state index contributed by atoms with van der Waals surface area (Å²) in [6.45, 7) is 11.5. The standard InChI is InChI=1S/C25H32N4S/c1-6-25(4,5)19-11-12-21-20(13-19)22-23(26-15-27-24(22)30-21)29-28-14-17-7-9-18(10-8-17)16(2)3/h7-10,14-16,19H,6,11-13H2,1-5H3,(H,26,27,29)/b28-14-/t19-/m1/s1. The zero-order chi connectivity index (χ0) is 21.3. The summed E-state index contributed by atoms with van der Waals surface area (Å²) in [5.74, 6) is 2.06. The van der Waals surface area contributed by atoms with E-state index in [4.69, 9.17) is 0 Å². The number of thiophene rings is 1. The maximum absolute atomic E-state index is 4.56. The Bertz CT molecular complexity index is 1050. The van der Waals surface area contributed by atoms with E-state index in [0.29, 0.717) is 17.3 Å². The molecule has 0 amide bonds.